The molecule has 210 valence electrons. The van der Waals surface area contributed by atoms with Crippen LogP contribution in [-0.4, -0.2) is 0 Å². The van der Waals surface area contributed by atoms with Gasteiger partial charge in [0, 0.05) is 10.8 Å². The highest BCUT2D eigenvalue weighted by atomic mass is 16.3. The van der Waals surface area contributed by atoms with Crippen LogP contribution < -0.4 is 0 Å². The summed E-state index contributed by atoms with van der Waals surface area (Å²) < 4.78 is 126. The zero-order valence-corrected chi connectivity index (χ0v) is 23.5. The zero-order chi connectivity index (χ0) is 41.9. The average Bonchev–Trinajstić information content (AvgIpc) is 3.61. The molecule has 8 aromatic carbocycles. The molecule has 45 heavy (non-hydrogen) atoms. The van der Waals surface area contributed by atoms with Crippen LogP contribution in [0.1, 0.15) is 19.2 Å². The van der Waals surface area contributed by atoms with Gasteiger partial charge in [-0.05, 0) is 90.3 Å². The molecule has 0 aliphatic rings. The lowest BCUT2D eigenvalue weighted by Gasteiger charge is -2.18. The van der Waals surface area contributed by atoms with E-state index in [0.29, 0.717) is 43.8 Å². The van der Waals surface area contributed by atoms with Crippen LogP contribution in [0, 0.1) is 0 Å². The fourth-order valence-corrected chi connectivity index (χ4v) is 6.13. The minimum Gasteiger partial charge on any atom is -0.456 e. The number of benzene rings is 8. The molecule has 0 spiro atoms. The molecular weight excluding hydrogens is 544 g/mol. The van der Waals surface area contributed by atoms with E-state index < -0.39 is 78.1 Å². The van der Waals surface area contributed by atoms with E-state index in [1.807, 2.05) is 66.7 Å². The van der Waals surface area contributed by atoms with Gasteiger partial charge in [-0.15, -0.1) is 0 Å². The van der Waals surface area contributed by atoms with Crippen molar-refractivity contribution in [2.45, 2.75) is 0 Å². The van der Waals surface area contributed by atoms with E-state index in [9.17, 15) is 2.74 Å². The number of furan rings is 1. The number of hydrogen-bond donors (Lipinski definition) is 0. The molecule has 1 heterocycles. The second kappa shape index (κ2) is 10.4. The second-order valence-corrected chi connectivity index (χ2v) is 10.6. The van der Waals surface area contributed by atoms with Crippen LogP contribution in [0.2, 0.25) is 0 Å². The van der Waals surface area contributed by atoms with Crippen LogP contribution in [0.15, 0.2) is 174 Å². The molecule has 9 rings (SSSR count). The van der Waals surface area contributed by atoms with Crippen molar-refractivity contribution >= 4 is 43.5 Å². The topological polar surface area (TPSA) is 13.1 Å². The van der Waals surface area contributed by atoms with Gasteiger partial charge in [0.1, 0.15) is 11.2 Å². The van der Waals surface area contributed by atoms with Crippen molar-refractivity contribution in [3.63, 3.8) is 0 Å². The van der Waals surface area contributed by atoms with Gasteiger partial charge < -0.3 is 4.42 Å². The smallest absolute Gasteiger partial charge is 0.135 e. The zero-order valence-electron chi connectivity index (χ0n) is 37.5. The number of rotatable bonds is 4. The Kier molecular flexibility index (Phi) is 3.50. The van der Waals surface area contributed by atoms with Gasteiger partial charge in [-0.25, -0.2) is 0 Å². The van der Waals surface area contributed by atoms with E-state index in [0.717, 1.165) is 21.9 Å². The SMILES string of the molecule is [2H]c1c([2H])c([2H])c(-c2ccc3oc4ccc(-c5c6ccccc6c(-c6c([2H])c([2H])c(-c7c([2H])c([2H])c([2H])c([2H])c7[2H])c([2H])c6[2H])c6ccccc56)cc4c3c2)c([2H])c1[2H]. The Morgan fingerprint density at radius 3 is 1.27 bits per heavy atom. The third-order valence-electron chi connectivity index (χ3n) is 8.10. The molecule has 0 radical (unpaired) electrons. The van der Waals surface area contributed by atoms with Crippen molar-refractivity contribution < 1.29 is 23.6 Å². The summed E-state index contributed by atoms with van der Waals surface area (Å²) in [6, 6.07) is 18.6. The molecule has 0 bridgehead atoms. The maximum Gasteiger partial charge on any atom is 0.135 e. The quantitative estimate of drug-likeness (QED) is 0.187. The Morgan fingerprint density at radius 1 is 0.333 bits per heavy atom. The molecule has 1 aromatic heterocycles. The van der Waals surface area contributed by atoms with Crippen molar-refractivity contribution in [2.75, 3.05) is 0 Å². The molecule has 0 amide bonds. The summed E-state index contributed by atoms with van der Waals surface area (Å²) >= 11 is 0. The first kappa shape index (κ1) is 15.2. The monoisotopic (exact) mass is 586 g/mol. The molecule has 1 nitrogen and oxygen atoms in total. The highest BCUT2D eigenvalue weighted by molar-refractivity contribution is 6.22. The summed E-state index contributed by atoms with van der Waals surface area (Å²) in [6.07, 6.45) is 0. The lowest BCUT2D eigenvalue weighted by Crippen LogP contribution is -1.91. The van der Waals surface area contributed by atoms with Gasteiger partial charge in [-0.1, -0.05) is 145 Å². The largest absolute Gasteiger partial charge is 0.456 e. The Balaban J connectivity index is 1.30. The predicted molar refractivity (Wildman–Crippen MR) is 190 cm³/mol. The van der Waals surface area contributed by atoms with Crippen LogP contribution in [-0.2, 0) is 0 Å². The summed E-state index contributed by atoms with van der Waals surface area (Å²) in [5.41, 5.74) is 2.82. The molecule has 0 fully saturated rings. The first-order valence-corrected chi connectivity index (χ1v) is 14.3. The molecule has 0 aliphatic carbocycles. The molecule has 0 aliphatic heterocycles. The maximum atomic E-state index is 9.30. The van der Waals surface area contributed by atoms with Gasteiger partial charge in [0.05, 0.1) is 19.2 Å². The second-order valence-electron chi connectivity index (χ2n) is 10.6. The Morgan fingerprint density at radius 2 is 0.733 bits per heavy atom. The van der Waals surface area contributed by atoms with Crippen LogP contribution in [0.3, 0.4) is 0 Å². The third kappa shape index (κ3) is 4.24. The van der Waals surface area contributed by atoms with E-state index in [2.05, 4.69) is 0 Å². The summed E-state index contributed by atoms with van der Waals surface area (Å²) in [6.45, 7) is 0. The third-order valence-corrected chi connectivity index (χ3v) is 8.10. The Bertz CT molecular complexity index is 3190. The summed E-state index contributed by atoms with van der Waals surface area (Å²) in [5, 5.41) is 4.10. The molecule has 0 saturated heterocycles. The first-order chi connectivity index (χ1) is 28.1. The molecule has 9 aromatic rings. The molecular formula is C44H28O. The van der Waals surface area contributed by atoms with Gasteiger partial charge >= 0.3 is 0 Å². The standard InChI is InChI=1S/C44H28O/c1-3-11-29(12-4-1)31-19-21-32(22-20-31)43-35-15-7-9-17-37(35)44(38-18-10-8-16-36(38)43)34-24-26-42-40(28-34)39-27-33(23-25-41(39)45-42)30-13-5-2-6-14-30/h1-28H/i1D,2D,3D,4D,5D,6D,11D,12D,13D,14D,19D,20D,21D,22D. The van der Waals surface area contributed by atoms with E-state index in [-0.39, 0.29) is 28.8 Å². The molecule has 0 saturated carbocycles. The fourth-order valence-electron chi connectivity index (χ4n) is 6.13. The lowest BCUT2D eigenvalue weighted by molar-refractivity contribution is 0.669. The van der Waals surface area contributed by atoms with E-state index in [4.69, 9.17) is 20.9 Å². The lowest BCUT2D eigenvalue weighted by atomic mass is 9.85. The fraction of sp³-hybridized carbons (Fsp3) is 0. The number of fused-ring (bicyclic) bond motifs is 5. The maximum absolute atomic E-state index is 9.30. The van der Waals surface area contributed by atoms with Crippen LogP contribution in [0.25, 0.3) is 88.0 Å². The van der Waals surface area contributed by atoms with E-state index in [1.54, 1.807) is 18.2 Å². The normalized spacial score (nSPS) is 15.9. The minimum absolute atomic E-state index is 0.00785. The van der Waals surface area contributed by atoms with Crippen LogP contribution in [0.5, 0.6) is 0 Å². The molecule has 0 N–H and O–H groups in total. The van der Waals surface area contributed by atoms with Gasteiger partial charge in [-0.3, -0.25) is 0 Å². The van der Waals surface area contributed by atoms with E-state index in [1.165, 1.54) is 0 Å². The van der Waals surface area contributed by atoms with Crippen molar-refractivity contribution in [3.05, 3.63) is 170 Å². The van der Waals surface area contributed by atoms with E-state index >= 15 is 0 Å². The van der Waals surface area contributed by atoms with Crippen molar-refractivity contribution in [1.82, 2.24) is 0 Å². The van der Waals surface area contributed by atoms with Gasteiger partial charge in [0.2, 0.25) is 0 Å². The van der Waals surface area contributed by atoms with Gasteiger partial charge in [0.25, 0.3) is 0 Å². The van der Waals surface area contributed by atoms with Crippen molar-refractivity contribution in [2.24, 2.45) is 0 Å². The molecule has 0 atom stereocenters. The van der Waals surface area contributed by atoms with Crippen molar-refractivity contribution in [3.8, 4) is 44.5 Å². The van der Waals surface area contributed by atoms with Crippen molar-refractivity contribution in [1.29, 1.82) is 0 Å². The summed E-state index contributed by atoms with van der Waals surface area (Å²) in [4.78, 5) is 0. The van der Waals surface area contributed by atoms with Gasteiger partial charge in [0.15, 0.2) is 0 Å². The first-order valence-electron chi connectivity index (χ1n) is 21.3. The summed E-state index contributed by atoms with van der Waals surface area (Å²) in [5.74, 6) is 0. The predicted octanol–water partition coefficient (Wildman–Crippen LogP) is 12.6. The minimum atomic E-state index is -0.648. The highest BCUT2D eigenvalue weighted by Gasteiger charge is 2.18. The van der Waals surface area contributed by atoms with Crippen LogP contribution in [0.4, 0.5) is 0 Å². The molecule has 1 heteroatoms. The Hall–Kier alpha value is -5.92. The average molecular weight is 587 g/mol. The Labute approximate surface area is 281 Å². The van der Waals surface area contributed by atoms with Crippen LogP contribution >= 0.6 is 0 Å². The van der Waals surface area contributed by atoms with Gasteiger partial charge in [-0.2, -0.15) is 0 Å². The summed E-state index contributed by atoms with van der Waals surface area (Å²) in [7, 11) is 0. The highest BCUT2D eigenvalue weighted by Crippen LogP contribution is 2.45. The number of hydrogen-bond acceptors (Lipinski definition) is 1. The molecule has 0 unspecified atom stereocenters.